The van der Waals surface area contributed by atoms with Crippen LogP contribution in [0, 0.1) is 6.92 Å². The zero-order valence-corrected chi connectivity index (χ0v) is 22.4. The number of aryl methyl sites for hydroxylation is 2. The van der Waals surface area contributed by atoms with Gasteiger partial charge in [-0.15, -0.1) is 0 Å². The fraction of sp³-hybridized carbons (Fsp3) is 0.212. The van der Waals surface area contributed by atoms with Crippen molar-refractivity contribution in [3.63, 3.8) is 0 Å². The van der Waals surface area contributed by atoms with Gasteiger partial charge in [-0.2, -0.15) is 5.10 Å². The summed E-state index contributed by atoms with van der Waals surface area (Å²) in [5.74, 6) is 0.980. The molecule has 6 heteroatoms. The van der Waals surface area contributed by atoms with Gasteiger partial charge in [-0.3, -0.25) is 0 Å². The lowest BCUT2D eigenvalue weighted by atomic mass is 9.99. The number of nitrogens with one attached hydrogen (secondary N) is 1. The fourth-order valence-corrected chi connectivity index (χ4v) is 5.50. The highest BCUT2D eigenvalue weighted by Gasteiger charge is 2.35. The number of urea groups is 1. The van der Waals surface area contributed by atoms with E-state index in [-0.39, 0.29) is 12.1 Å². The Morgan fingerprint density at radius 2 is 1.62 bits per heavy atom. The summed E-state index contributed by atoms with van der Waals surface area (Å²) in [5, 5.41) is 8.15. The van der Waals surface area contributed by atoms with Gasteiger partial charge in [0.15, 0.2) is 0 Å². The minimum Gasteiger partial charge on any atom is -0.338 e. The number of hydrogen-bond acceptors (Lipinski definition) is 2. The molecule has 0 radical (unpaired) electrons. The largest absolute Gasteiger partial charge is 0.338 e. The van der Waals surface area contributed by atoms with Crippen molar-refractivity contribution in [2.75, 3.05) is 6.54 Å². The van der Waals surface area contributed by atoms with Gasteiger partial charge in [-0.05, 0) is 60.7 Å². The lowest BCUT2D eigenvalue weighted by Gasteiger charge is -2.31. The van der Waals surface area contributed by atoms with E-state index in [1.807, 2.05) is 52.9 Å². The van der Waals surface area contributed by atoms with Crippen molar-refractivity contribution < 1.29 is 4.79 Å². The summed E-state index contributed by atoms with van der Waals surface area (Å²) in [6.45, 7) is 5.21. The second-order valence-electron chi connectivity index (χ2n) is 10.0. The van der Waals surface area contributed by atoms with Crippen molar-refractivity contribution in [3.05, 3.63) is 137 Å². The van der Waals surface area contributed by atoms with Crippen LogP contribution in [-0.2, 0) is 19.4 Å². The molecule has 5 aromatic rings. The Morgan fingerprint density at radius 3 is 2.33 bits per heavy atom. The third-order valence-corrected chi connectivity index (χ3v) is 7.58. The summed E-state index contributed by atoms with van der Waals surface area (Å²) >= 11 is 0. The highest BCUT2D eigenvalue weighted by atomic mass is 16.2. The molecule has 0 aliphatic carbocycles. The van der Waals surface area contributed by atoms with Crippen LogP contribution >= 0.6 is 0 Å². The summed E-state index contributed by atoms with van der Waals surface area (Å²) in [4.78, 5) is 15.9. The molecule has 1 atom stereocenters. The molecule has 0 saturated carbocycles. The van der Waals surface area contributed by atoms with Gasteiger partial charge in [-0.25, -0.2) is 9.48 Å². The summed E-state index contributed by atoms with van der Waals surface area (Å²) in [6.07, 6.45) is 3.84. The molecule has 2 aromatic heterocycles. The molecule has 1 aliphatic heterocycles. The van der Waals surface area contributed by atoms with Crippen LogP contribution in [0.2, 0.25) is 0 Å². The highest BCUT2D eigenvalue weighted by molar-refractivity contribution is 5.76. The number of aromatic nitrogens is 3. The maximum absolute atomic E-state index is 14.0. The first kappa shape index (κ1) is 24.7. The van der Waals surface area contributed by atoms with Crippen LogP contribution in [0.1, 0.15) is 46.6 Å². The van der Waals surface area contributed by atoms with Crippen LogP contribution < -0.4 is 5.32 Å². The van der Waals surface area contributed by atoms with E-state index in [1.54, 1.807) is 0 Å². The SMILES string of the molecule is CCc1ccc([C@@H]2c3cccn3-c3c(c(C)nn3-c3ccccc3)CN2C(=O)NCCc2ccccc2)cc1. The number of benzene rings is 3. The third-order valence-electron chi connectivity index (χ3n) is 7.58. The fourth-order valence-electron chi connectivity index (χ4n) is 5.50. The first-order chi connectivity index (χ1) is 19.1. The minimum absolute atomic E-state index is 0.0806. The van der Waals surface area contributed by atoms with E-state index in [4.69, 9.17) is 5.10 Å². The Hall–Kier alpha value is -4.58. The summed E-state index contributed by atoms with van der Waals surface area (Å²) in [5.41, 5.74) is 7.56. The van der Waals surface area contributed by atoms with Crippen molar-refractivity contribution >= 4 is 6.03 Å². The maximum atomic E-state index is 14.0. The third kappa shape index (κ3) is 4.74. The topological polar surface area (TPSA) is 55.1 Å². The second-order valence-corrected chi connectivity index (χ2v) is 10.0. The smallest absolute Gasteiger partial charge is 0.318 e. The molecular formula is C33H33N5O. The van der Waals surface area contributed by atoms with Crippen molar-refractivity contribution in [2.24, 2.45) is 0 Å². The van der Waals surface area contributed by atoms with Crippen LogP contribution in [0.3, 0.4) is 0 Å². The molecule has 0 saturated heterocycles. The molecule has 0 spiro atoms. The lowest BCUT2D eigenvalue weighted by molar-refractivity contribution is 0.180. The van der Waals surface area contributed by atoms with Crippen molar-refractivity contribution in [3.8, 4) is 11.5 Å². The number of hydrogen-bond donors (Lipinski definition) is 1. The van der Waals surface area contributed by atoms with E-state index in [2.05, 4.69) is 83.7 Å². The standard InChI is InChI=1S/C33H33N5O/c1-3-25-16-18-27(19-17-25)31-30-15-10-22-36(30)32-29(24(2)35-38(32)28-13-8-5-9-14-28)23-37(31)33(39)34-21-20-26-11-6-4-7-12-26/h4-19,22,31H,3,20-21,23H2,1-2H3,(H,34,39)/t31-/m1/s1. The minimum atomic E-state index is -0.251. The van der Waals surface area contributed by atoms with Crippen molar-refractivity contribution in [1.82, 2.24) is 24.6 Å². The number of nitrogens with zero attached hydrogens (tertiary/aromatic N) is 4. The second kappa shape index (κ2) is 10.7. The Kier molecular flexibility index (Phi) is 6.76. The van der Waals surface area contributed by atoms with Crippen LogP contribution in [0.4, 0.5) is 4.79 Å². The Bertz CT molecular complexity index is 1570. The molecule has 0 fully saturated rings. The molecule has 39 heavy (non-hydrogen) atoms. The molecule has 6 nitrogen and oxygen atoms in total. The van der Waals surface area contributed by atoms with Crippen molar-refractivity contribution in [1.29, 1.82) is 0 Å². The predicted molar refractivity (Wildman–Crippen MR) is 154 cm³/mol. The van der Waals surface area contributed by atoms with E-state index < -0.39 is 0 Å². The average Bonchev–Trinajstić information content (AvgIpc) is 3.54. The van der Waals surface area contributed by atoms with Crippen LogP contribution in [-0.4, -0.2) is 31.8 Å². The number of rotatable bonds is 6. The van der Waals surface area contributed by atoms with Crippen molar-refractivity contribution in [2.45, 2.75) is 39.3 Å². The van der Waals surface area contributed by atoms with E-state index in [1.165, 1.54) is 11.1 Å². The highest BCUT2D eigenvalue weighted by Crippen LogP contribution is 2.38. The first-order valence-electron chi connectivity index (χ1n) is 13.6. The van der Waals surface area contributed by atoms with E-state index in [0.29, 0.717) is 13.1 Å². The van der Waals surface area contributed by atoms with Gasteiger partial charge in [0.2, 0.25) is 0 Å². The van der Waals surface area contributed by atoms with Gasteiger partial charge < -0.3 is 14.8 Å². The molecule has 3 heterocycles. The lowest BCUT2D eigenvalue weighted by Crippen LogP contribution is -2.42. The Morgan fingerprint density at radius 1 is 0.897 bits per heavy atom. The zero-order valence-electron chi connectivity index (χ0n) is 22.4. The van der Waals surface area contributed by atoms with Gasteiger partial charge in [0, 0.05) is 18.3 Å². The number of carbonyl (C=O) groups excluding carboxylic acids is 1. The summed E-state index contributed by atoms with van der Waals surface area (Å²) in [7, 11) is 0. The van der Waals surface area contributed by atoms with Crippen LogP contribution in [0.15, 0.2) is 103 Å². The van der Waals surface area contributed by atoms with Gasteiger partial charge in [-0.1, -0.05) is 79.7 Å². The van der Waals surface area contributed by atoms with Gasteiger partial charge >= 0.3 is 6.03 Å². The van der Waals surface area contributed by atoms with E-state index in [0.717, 1.165) is 46.9 Å². The average molecular weight is 516 g/mol. The number of amides is 2. The molecule has 196 valence electrons. The predicted octanol–water partition coefficient (Wildman–Crippen LogP) is 6.39. The number of para-hydroxylation sites is 1. The summed E-state index contributed by atoms with van der Waals surface area (Å²) < 4.78 is 4.21. The Labute approximate surface area is 229 Å². The summed E-state index contributed by atoms with van der Waals surface area (Å²) in [6, 6.07) is 33.0. The molecule has 0 unspecified atom stereocenters. The quantitative estimate of drug-likeness (QED) is 0.285. The molecule has 6 rings (SSSR count). The zero-order chi connectivity index (χ0) is 26.8. The monoisotopic (exact) mass is 515 g/mol. The first-order valence-corrected chi connectivity index (χ1v) is 13.6. The normalized spacial score (nSPS) is 14.4. The van der Waals surface area contributed by atoms with Gasteiger partial charge in [0.1, 0.15) is 5.82 Å². The van der Waals surface area contributed by atoms with Gasteiger partial charge in [0.05, 0.1) is 29.7 Å². The van der Waals surface area contributed by atoms with Crippen LogP contribution in [0.25, 0.3) is 11.5 Å². The van der Waals surface area contributed by atoms with E-state index in [9.17, 15) is 4.79 Å². The Balaban J connectivity index is 1.43. The molecule has 1 N–H and O–H groups in total. The molecule has 1 aliphatic rings. The van der Waals surface area contributed by atoms with E-state index >= 15 is 0 Å². The molecule has 2 amide bonds. The number of carbonyl (C=O) groups is 1. The van der Waals surface area contributed by atoms with Crippen LogP contribution in [0.5, 0.6) is 0 Å². The van der Waals surface area contributed by atoms with Gasteiger partial charge in [0.25, 0.3) is 0 Å². The molecule has 0 bridgehead atoms. The maximum Gasteiger partial charge on any atom is 0.318 e. The molecule has 3 aromatic carbocycles. The number of fused-ring (bicyclic) bond motifs is 3. The molecular weight excluding hydrogens is 482 g/mol.